The number of furan rings is 1. The van der Waals surface area contributed by atoms with Crippen molar-refractivity contribution in [3.05, 3.63) is 53.5 Å². The van der Waals surface area contributed by atoms with Gasteiger partial charge in [-0.1, -0.05) is 12.1 Å². The van der Waals surface area contributed by atoms with Crippen LogP contribution in [0.2, 0.25) is 0 Å². The van der Waals surface area contributed by atoms with Gasteiger partial charge < -0.3 is 19.8 Å². The summed E-state index contributed by atoms with van der Waals surface area (Å²) < 4.78 is 11.3. The Labute approximate surface area is 196 Å². The van der Waals surface area contributed by atoms with Gasteiger partial charge >= 0.3 is 0 Å². The zero-order valence-electron chi connectivity index (χ0n) is 17.7. The van der Waals surface area contributed by atoms with E-state index in [-0.39, 0.29) is 30.0 Å². The zero-order chi connectivity index (χ0) is 19.9. The van der Waals surface area contributed by atoms with Crippen molar-refractivity contribution in [1.82, 2.24) is 15.5 Å². The molecule has 1 aromatic heterocycles. The number of guanidine groups is 1. The molecule has 0 saturated carbocycles. The van der Waals surface area contributed by atoms with Gasteiger partial charge in [0, 0.05) is 19.5 Å². The van der Waals surface area contributed by atoms with Crippen LogP contribution in [-0.4, -0.2) is 50.2 Å². The molecule has 0 amide bonds. The van der Waals surface area contributed by atoms with Gasteiger partial charge in [0.2, 0.25) is 0 Å². The molecule has 0 aliphatic carbocycles. The molecule has 30 heavy (non-hydrogen) atoms. The quantitative estimate of drug-likeness (QED) is 0.313. The fraction of sp³-hybridized carbons (Fsp3) is 0.522. The average Bonchev–Trinajstić information content (AvgIpc) is 3.50. The fourth-order valence-electron chi connectivity index (χ4n) is 4.16. The third-order valence-electron chi connectivity index (χ3n) is 5.68. The van der Waals surface area contributed by atoms with Crippen molar-refractivity contribution < 1.29 is 9.15 Å². The van der Waals surface area contributed by atoms with E-state index in [1.54, 1.807) is 6.26 Å². The van der Waals surface area contributed by atoms with Crippen molar-refractivity contribution in [1.29, 1.82) is 0 Å². The van der Waals surface area contributed by atoms with E-state index < -0.39 is 0 Å². The van der Waals surface area contributed by atoms with Crippen LogP contribution >= 0.6 is 24.0 Å². The van der Waals surface area contributed by atoms with E-state index in [4.69, 9.17) is 14.1 Å². The van der Waals surface area contributed by atoms with Crippen LogP contribution in [0.4, 0.5) is 0 Å². The molecule has 1 atom stereocenters. The van der Waals surface area contributed by atoms with Gasteiger partial charge in [-0.3, -0.25) is 9.89 Å². The van der Waals surface area contributed by atoms with E-state index in [9.17, 15) is 0 Å². The Balaban J connectivity index is 0.00000256. The maximum atomic E-state index is 5.71. The fourth-order valence-corrected chi connectivity index (χ4v) is 4.16. The number of rotatable bonds is 8. The SMILES string of the molecule is CCNC(=NCC(c1ccco1)N1CCCC1)NCCc1ccc2c(c1)CCO2.I. The summed E-state index contributed by atoms with van der Waals surface area (Å²) in [4.78, 5) is 7.36. The normalized spacial score (nSPS) is 17.2. The third kappa shape index (κ3) is 5.91. The summed E-state index contributed by atoms with van der Waals surface area (Å²) in [7, 11) is 0. The highest BCUT2D eigenvalue weighted by molar-refractivity contribution is 14.0. The highest BCUT2D eigenvalue weighted by atomic mass is 127. The molecule has 0 radical (unpaired) electrons. The van der Waals surface area contributed by atoms with Crippen LogP contribution < -0.4 is 15.4 Å². The summed E-state index contributed by atoms with van der Waals surface area (Å²) >= 11 is 0. The van der Waals surface area contributed by atoms with Crippen molar-refractivity contribution in [2.45, 2.75) is 38.6 Å². The summed E-state index contributed by atoms with van der Waals surface area (Å²) in [5.74, 6) is 2.92. The number of fused-ring (bicyclic) bond motifs is 1. The maximum Gasteiger partial charge on any atom is 0.191 e. The average molecular weight is 524 g/mol. The molecule has 164 valence electrons. The molecule has 0 spiro atoms. The minimum absolute atomic E-state index is 0. The summed E-state index contributed by atoms with van der Waals surface area (Å²) in [6.45, 7) is 7.53. The number of likely N-dealkylation sites (tertiary alicyclic amines) is 1. The van der Waals surface area contributed by atoms with Crippen LogP contribution in [0.25, 0.3) is 0 Å². The Kier molecular flexibility index (Phi) is 8.87. The van der Waals surface area contributed by atoms with Gasteiger partial charge in [-0.25, -0.2) is 0 Å². The van der Waals surface area contributed by atoms with Gasteiger partial charge in [-0.15, -0.1) is 24.0 Å². The lowest BCUT2D eigenvalue weighted by atomic mass is 10.1. The molecule has 1 fully saturated rings. The summed E-state index contributed by atoms with van der Waals surface area (Å²) in [6.07, 6.45) is 6.25. The second kappa shape index (κ2) is 11.6. The first kappa shape index (κ1) is 22.9. The lowest BCUT2D eigenvalue weighted by Crippen LogP contribution is -2.39. The Hall–Kier alpha value is -1.74. The number of nitrogens with zero attached hydrogens (tertiary/aromatic N) is 2. The number of hydrogen-bond acceptors (Lipinski definition) is 4. The number of nitrogens with one attached hydrogen (secondary N) is 2. The molecule has 3 heterocycles. The Morgan fingerprint density at radius 2 is 2.07 bits per heavy atom. The highest BCUT2D eigenvalue weighted by Crippen LogP contribution is 2.26. The molecular formula is C23H33IN4O2. The van der Waals surface area contributed by atoms with Crippen LogP contribution in [0.3, 0.4) is 0 Å². The Morgan fingerprint density at radius 1 is 1.20 bits per heavy atom. The molecule has 2 aliphatic heterocycles. The Bertz CT molecular complexity index is 804. The minimum atomic E-state index is 0. The molecule has 1 unspecified atom stereocenters. The molecule has 6 nitrogen and oxygen atoms in total. The van der Waals surface area contributed by atoms with Gasteiger partial charge in [0.15, 0.2) is 5.96 Å². The van der Waals surface area contributed by atoms with Crippen LogP contribution in [0.5, 0.6) is 5.75 Å². The van der Waals surface area contributed by atoms with Crippen molar-refractivity contribution in [2.75, 3.05) is 39.3 Å². The van der Waals surface area contributed by atoms with Crippen LogP contribution in [-0.2, 0) is 12.8 Å². The predicted molar refractivity (Wildman–Crippen MR) is 131 cm³/mol. The first-order chi connectivity index (χ1) is 14.3. The number of halogens is 1. The number of benzene rings is 1. The van der Waals surface area contributed by atoms with Crippen molar-refractivity contribution in [3.8, 4) is 5.75 Å². The topological polar surface area (TPSA) is 62.0 Å². The van der Waals surface area contributed by atoms with E-state index >= 15 is 0 Å². The standard InChI is InChI=1S/C23H32N4O2.HI/c1-2-24-23(25-11-9-18-7-8-21-19(16-18)10-15-29-21)26-17-20(22-6-5-14-28-22)27-12-3-4-13-27;/h5-8,14,16,20H,2-4,9-13,15,17H2,1H3,(H2,24,25,26);1H. The first-order valence-electron chi connectivity index (χ1n) is 10.9. The van der Waals surface area contributed by atoms with Crippen molar-refractivity contribution in [3.63, 3.8) is 0 Å². The largest absolute Gasteiger partial charge is 0.493 e. The summed E-state index contributed by atoms with van der Waals surface area (Å²) in [5.41, 5.74) is 2.66. The van der Waals surface area contributed by atoms with Gasteiger partial charge in [-0.2, -0.15) is 0 Å². The van der Waals surface area contributed by atoms with Crippen molar-refractivity contribution >= 4 is 29.9 Å². The van der Waals surface area contributed by atoms with Gasteiger partial charge in [0.1, 0.15) is 11.5 Å². The van der Waals surface area contributed by atoms with Crippen LogP contribution in [0.15, 0.2) is 46.0 Å². The Morgan fingerprint density at radius 3 is 2.83 bits per heavy atom. The minimum Gasteiger partial charge on any atom is -0.493 e. The van der Waals surface area contributed by atoms with Crippen LogP contribution in [0, 0.1) is 0 Å². The highest BCUT2D eigenvalue weighted by Gasteiger charge is 2.25. The smallest absolute Gasteiger partial charge is 0.191 e. The molecule has 4 rings (SSSR count). The molecule has 0 bridgehead atoms. The van der Waals surface area contributed by atoms with Crippen molar-refractivity contribution in [2.24, 2.45) is 4.99 Å². The van der Waals surface area contributed by atoms with E-state index in [1.807, 2.05) is 6.07 Å². The lowest BCUT2D eigenvalue weighted by molar-refractivity contribution is 0.221. The van der Waals surface area contributed by atoms with Crippen LogP contribution in [0.1, 0.15) is 42.7 Å². The molecule has 1 saturated heterocycles. The lowest BCUT2D eigenvalue weighted by Gasteiger charge is -2.24. The second-order valence-electron chi connectivity index (χ2n) is 7.71. The summed E-state index contributed by atoms with van der Waals surface area (Å²) in [6, 6.07) is 10.8. The van der Waals surface area contributed by atoms with Gasteiger partial charge in [-0.05, 0) is 68.6 Å². The molecule has 2 aliphatic rings. The van der Waals surface area contributed by atoms with Gasteiger partial charge in [0.05, 0.1) is 25.5 Å². The zero-order valence-corrected chi connectivity index (χ0v) is 20.1. The first-order valence-corrected chi connectivity index (χ1v) is 10.9. The van der Waals surface area contributed by atoms with Gasteiger partial charge in [0.25, 0.3) is 0 Å². The van der Waals surface area contributed by atoms with E-state index in [2.05, 4.69) is 46.7 Å². The van der Waals surface area contributed by atoms with E-state index in [0.717, 1.165) is 63.1 Å². The molecule has 2 aromatic rings. The predicted octanol–water partition coefficient (Wildman–Crippen LogP) is 3.77. The molecule has 1 aromatic carbocycles. The maximum absolute atomic E-state index is 5.71. The molecule has 2 N–H and O–H groups in total. The molecular weight excluding hydrogens is 491 g/mol. The van der Waals surface area contributed by atoms with E-state index in [1.165, 1.54) is 24.0 Å². The second-order valence-corrected chi connectivity index (χ2v) is 7.71. The number of aliphatic imine (C=N–C) groups is 1. The van der Waals surface area contributed by atoms with E-state index in [0.29, 0.717) is 6.54 Å². The molecule has 7 heteroatoms. The summed E-state index contributed by atoms with van der Waals surface area (Å²) in [5, 5.41) is 6.86. The number of ether oxygens (including phenoxy) is 1. The number of hydrogen-bond donors (Lipinski definition) is 2. The third-order valence-corrected chi connectivity index (χ3v) is 5.68. The monoisotopic (exact) mass is 524 g/mol.